The highest BCUT2D eigenvalue weighted by atomic mass is 35.5. The van der Waals surface area contributed by atoms with E-state index in [0.717, 1.165) is 15.0 Å². The van der Waals surface area contributed by atoms with Crippen LogP contribution in [-0.2, 0) is 0 Å². The topological polar surface area (TPSA) is 26.0 Å². The van der Waals surface area contributed by atoms with Crippen LogP contribution < -0.4 is 0 Å². The third-order valence-electron chi connectivity index (χ3n) is 2.59. The lowest BCUT2D eigenvalue weighted by Crippen LogP contribution is -1.80. The van der Waals surface area contributed by atoms with Gasteiger partial charge in [0.25, 0.3) is 0 Å². The molecular weight excluding hydrogens is 273 g/mol. The number of oxazole rings is 1. The van der Waals surface area contributed by atoms with E-state index in [1.54, 1.807) is 19.2 Å². The minimum Gasteiger partial charge on any atom is -0.438 e. The fourth-order valence-electron chi connectivity index (χ4n) is 1.71. The van der Waals surface area contributed by atoms with Crippen LogP contribution in [0.25, 0.3) is 20.7 Å². The van der Waals surface area contributed by atoms with Crippen molar-refractivity contribution in [2.45, 2.75) is 12.3 Å². The molecule has 3 rings (SSSR count). The summed E-state index contributed by atoms with van der Waals surface area (Å²) in [4.78, 5) is 5.04. The van der Waals surface area contributed by atoms with E-state index in [4.69, 9.17) is 16.0 Å². The van der Waals surface area contributed by atoms with Crippen LogP contribution in [0.1, 0.15) is 18.2 Å². The van der Waals surface area contributed by atoms with E-state index in [2.05, 4.69) is 4.98 Å². The number of alkyl halides is 1. The molecule has 3 aromatic rings. The molecule has 18 heavy (non-hydrogen) atoms. The number of hydrogen-bond acceptors (Lipinski definition) is 3. The summed E-state index contributed by atoms with van der Waals surface area (Å²) >= 11 is 7.37. The fourth-order valence-corrected chi connectivity index (χ4v) is 2.85. The summed E-state index contributed by atoms with van der Waals surface area (Å²) in [7, 11) is 0. The number of aromatic nitrogens is 1. The first-order chi connectivity index (χ1) is 8.63. The summed E-state index contributed by atoms with van der Waals surface area (Å²) in [5, 5.41) is 0.735. The molecule has 2 nitrogen and oxygen atoms in total. The minimum atomic E-state index is -0.259. The zero-order valence-electron chi connectivity index (χ0n) is 9.48. The predicted molar refractivity (Wildman–Crippen MR) is 71.5 cm³/mol. The molecular formula is C13H9ClFNOS. The van der Waals surface area contributed by atoms with Gasteiger partial charge in [-0.05, 0) is 30.5 Å². The average molecular weight is 282 g/mol. The third kappa shape index (κ3) is 2.02. The molecule has 0 aliphatic carbocycles. The van der Waals surface area contributed by atoms with Crippen LogP contribution in [0.3, 0.4) is 0 Å². The zero-order chi connectivity index (χ0) is 12.7. The van der Waals surface area contributed by atoms with E-state index < -0.39 is 0 Å². The summed E-state index contributed by atoms with van der Waals surface area (Å²) in [5.41, 5.74) is 0. The molecule has 5 heteroatoms. The van der Waals surface area contributed by atoms with Gasteiger partial charge in [-0.1, -0.05) is 6.07 Å². The van der Waals surface area contributed by atoms with Crippen LogP contribution in [-0.4, -0.2) is 4.98 Å². The van der Waals surface area contributed by atoms with E-state index in [0.29, 0.717) is 11.7 Å². The number of benzene rings is 1. The molecule has 0 amide bonds. The molecule has 0 saturated carbocycles. The van der Waals surface area contributed by atoms with E-state index in [1.807, 2.05) is 6.07 Å². The molecule has 0 spiro atoms. The quantitative estimate of drug-likeness (QED) is 0.618. The summed E-state index contributed by atoms with van der Waals surface area (Å²) in [6, 6.07) is 6.69. The van der Waals surface area contributed by atoms with Gasteiger partial charge in [-0.3, -0.25) is 0 Å². The van der Waals surface area contributed by atoms with Gasteiger partial charge in [-0.25, -0.2) is 9.37 Å². The van der Waals surface area contributed by atoms with Crippen molar-refractivity contribution in [3.8, 4) is 10.6 Å². The average Bonchev–Trinajstić information content (AvgIpc) is 2.93. The van der Waals surface area contributed by atoms with Crippen molar-refractivity contribution in [1.29, 1.82) is 0 Å². The predicted octanol–water partition coefficient (Wildman–Crippen LogP) is 5.00. The molecule has 1 unspecified atom stereocenters. The van der Waals surface area contributed by atoms with Gasteiger partial charge < -0.3 is 4.42 Å². The van der Waals surface area contributed by atoms with Crippen molar-refractivity contribution < 1.29 is 8.81 Å². The van der Waals surface area contributed by atoms with Gasteiger partial charge in [0.05, 0.1) is 11.1 Å². The normalized spacial score (nSPS) is 13.1. The Hall–Kier alpha value is -1.39. The maximum Gasteiger partial charge on any atom is 0.212 e. The number of hydrogen-bond donors (Lipinski definition) is 0. The van der Waals surface area contributed by atoms with E-state index in [1.165, 1.54) is 23.5 Å². The van der Waals surface area contributed by atoms with Crippen LogP contribution in [0.4, 0.5) is 4.39 Å². The Morgan fingerprint density at radius 1 is 1.39 bits per heavy atom. The molecule has 2 heterocycles. The lowest BCUT2D eigenvalue weighted by Gasteiger charge is -1.93. The zero-order valence-corrected chi connectivity index (χ0v) is 11.1. The molecule has 0 fully saturated rings. The van der Waals surface area contributed by atoms with Gasteiger partial charge in [0, 0.05) is 4.70 Å². The van der Waals surface area contributed by atoms with Gasteiger partial charge in [0.1, 0.15) is 11.2 Å². The van der Waals surface area contributed by atoms with Crippen LogP contribution in [0.15, 0.2) is 34.9 Å². The van der Waals surface area contributed by atoms with Gasteiger partial charge in [0.15, 0.2) is 5.76 Å². The summed E-state index contributed by atoms with van der Waals surface area (Å²) in [6.07, 6.45) is 1.65. The Balaban J connectivity index is 2.07. The van der Waals surface area contributed by atoms with E-state index in [9.17, 15) is 4.39 Å². The SMILES string of the molecule is CC(Cl)c1ncc(-c2cc3ccc(F)cc3s2)o1. The second kappa shape index (κ2) is 4.37. The highest BCUT2D eigenvalue weighted by Gasteiger charge is 2.13. The smallest absolute Gasteiger partial charge is 0.212 e. The summed E-state index contributed by atoms with van der Waals surface area (Å²) in [6.45, 7) is 1.80. The number of thiophene rings is 1. The number of nitrogens with zero attached hydrogens (tertiary/aromatic N) is 1. The van der Waals surface area contributed by atoms with Crippen molar-refractivity contribution >= 4 is 33.0 Å². The van der Waals surface area contributed by atoms with Crippen LogP contribution >= 0.6 is 22.9 Å². The molecule has 1 atom stereocenters. The molecule has 0 N–H and O–H groups in total. The highest BCUT2D eigenvalue weighted by molar-refractivity contribution is 7.22. The molecule has 1 aromatic carbocycles. The molecule has 0 bridgehead atoms. The van der Waals surface area contributed by atoms with E-state index in [-0.39, 0.29) is 11.2 Å². The summed E-state index contributed by atoms with van der Waals surface area (Å²) < 4.78 is 19.6. The molecule has 2 aromatic heterocycles. The molecule has 0 radical (unpaired) electrons. The lowest BCUT2D eigenvalue weighted by molar-refractivity contribution is 0.509. The molecule has 0 aliphatic heterocycles. The van der Waals surface area contributed by atoms with Crippen LogP contribution in [0, 0.1) is 5.82 Å². The molecule has 0 aliphatic rings. The number of rotatable bonds is 2. The van der Waals surface area contributed by atoms with Crippen molar-refractivity contribution in [3.63, 3.8) is 0 Å². The first-order valence-electron chi connectivity index (χ1n) is 5.43. The monoisotopic (exact) mass is 281 g/mol. The summed E-state index contributed by atoms with van der Waals surface area (Å²) in [5.74, 6) is 0.929. The Labute approximate surface area is 112 Å². The largest absolute Gasteiger partial charge is 0.438 e. The lowest BCUT2D eigenvalue weighted by atomic mass is 10.2. The van der Waals surface area contributed by atoms with Crippen molar-refractivity contribution in [1.82, 2.24) is 4.98 Å². The third-order valence-corrected chi connectivity index (χ3v) is 3.89. The maximum absolute atomic E-state index is 13.1. The van der Waals surface area contributed by atoms with Gasteiger partial charge in [0.2, 0.25) is 5.89 Å². The van der Waals surface area contributed by atoms with Crippen LogP contribution in [0.2, 0.25) is 0 Å². The van der Waals surface area contributed by atoms with Crippen molar-refractivity contribution in [3.05, 3.63) is 42.2 Å². The van der Waals surface area contributed by atoms with Gasteiger partial charge >= 0.3 is 0 Å². The van der Waals surface area contributed by atoms with Gasteiger partial charge in [-0.2, -0.15) is 0 Å². The fraction of sp³-hybridized carbons (Fsp3) is 0.154. The van der Waals surface area contributed by atoms with Crippen molar-refractivity contribution in [2.24, 2.45) is 0 Å². The second-order valence-corrected chi connectivity index (χ2v) is 5.71. The van der Waals surface area contributed by atoms with Crippen LogP contribution in [0.5, 0.6) is 0 Å². The second-order valence-electron chi connectivity index (χ2n) is 3.97. The first kappa shape index (κ1) is 11.7. The molecule has 0 saturated heterocycles. The minimum absolute atomic E-state index is 0.233. The Bertz CT molecular complexity index is 704. The van der Waals surface area contributed by atoms with Gasteiger partial charge in [-0.15, -0.1) is 22.9 Å². The van der Waals surface area contributed by atoms with E-state index >= 15 is 0 Å². The Morgan fingerprint density at radius 2 is 2.22 bits per heavy atom. The Morgan fingerprint density at radius 3 is 2.94 bits per heavy atom. The standard InChI is InChI=1S/C13H9ClFNOS/c1-7(14)13-16-6-10(17-13)12-4-8-2-3-9(15)5-11(8)18-12/h2-7H,1H3. The number of halogens is 2. The molecule has 92 valence electrons. The van der Waals surface area contributed by atoms with Crippen molar-refractivity contribution in [2.75, 3.05) is 0 Å². The number of fused-ring (bicyclic) bond motifs is 1. The first-order valence-corrected chi connectivity index (χ1v) is 6.68. The Kier molecular flexibility index (Phi) is 2.84. The maximum atomic E-state index is 13.1. The highest BCUT2D eigenvalue weighted by Crippen LogP contribution is 2.35.